The van der Waals surface area contributed by atoms with E-state index in [1.807, 2.05) is 85.7 Å². The van der Waals surface area contributed by atoms with E-state index in [2.05, 4.69) is 67.7 Å². The highest BCUT2D eigenvalue weighted by Gasteiger charge is 2.34. The van der Waals surface area contributed by atoms with Crippen molar-refractivity contribution < 1.29 is 19.1 Å². The van der Waals surface area contributed by atoms with Gasteiger partial charge in [0.25, 0.3) is 23.6 Å². The highest BCUT2D eigenvalue weighted by Crippen LogP contribution is 2.28. The van der Waals surface area contributed by atoms with Crippen molar-refractivity contribution in [2.75, 3.05) is 13.1 Å². The van der Waals surface area contributed by atoms with Crippen molar-refractivity contribution in [1.82, 2.24) is 68.5 Å². The van der Waals surface area contributed by atoms with Crippen LogP contribution in [0.3, 0.4) is 0 Å². The minimum Gasteiger partial charge on any atom is -0.470 e. The summed E-state index contributed by atoms with van der Waals surface area (Å²) >= 11 is 0. The second-order valence-electron chi connectivity index (χ2n) is 15.8. The zero-order chi connectivity index (χ0) is 44.2. The number of aryl methyl sites for hydroxylation is 1. The molecule has 18 heteroatoms. The van der Waals surface area contributed by atoms with Crippen LogP contribution in [0.15, 0.2) is 117 Å². The van der Waals surface area contributed by atoms with Gasteiger partial charge in [0.2, 0.25) is 11.3 Å². The van der Waals surface area contributed by atoms with Gasteiger partial charge in [0.1, 0.15) is 12.2 Å². The highest BCUT2D eigenvalue weighted by molar-refractivity contribution is 5.98. The molecule has 64 heavy (non-hydrogen) atoms. The molecule has 18 nitrogen and oxygen atoms in total. The van der Waals surface area contributed by atoms with Gasteiger partial charge in [0.15, 0.2) is 0 Å². The second-order valence-corrected chi connectivity index (χ2v) is 15.8. The van der Waals surface area contributed by atoms with Crippen molar-refractivity contribution in [1.29, 1.82) is 0 Å². The van der Waals surface area contributed by atoms with Gasteiger partial charge in [-0.3, -0.25) is 18.4 Å². The molecule has 2 aliphatic heterocycles. The molecule has 8 aromatic rings. The Morgan fingerprint density at radius 2 is 1.11 bits per heavy atom. The minimum absolute atomic E-state index is 0.0565. The summed E-state index contributed by atoms with van der Waals surface area (Å²) < 4.78 is 16.4. The molecular formula is C46H48N14O4. The Balaban J connectivity index is 0.000000162. The number of piperidine rings is 2. The summed E-state index contributed by atoms with van der Waals surface area (Å²) in [6, 6.07) is 15.0. The van der Waals surface area contributed by atoms with E-state index in [4.69, 9.17) is 9.47 Å². The van der Waals surface area contributed by atoms with E-state index in [1.165, 1.54) is 9.59 Å². The fourth-order valence-corrected chi connectivity index (χ4v) is 8.31. The van der Waals surface area contributed by atoms with Crippen LogP contribution in [0.25, 0.3) is 28.7 Å². The van der Waals surface area contributed by atoms with E-state index in [1.54, 1.807) is 49.5 Å². The molecule has 0 spiro atoms. The average Bonchev–Trinajstić information content (AvgIpc) is 4.19. The van der Waals surface area contributed by atoms with Crippen molar-refractivity contribution in [3.63, 3.8) is 0 Å². The first-order valence-electron chi connectivity index (χ1n) is 21.4. The Hall–Kier alpha value is -7.76. The predicted molar refractivity (Wildman–Crippen MR) is 236 cm³/mol. The standard InChI is InChI=1S/C23H25N7O2.C23H23N7O2/c2*1-3-17-14-25-21-22(24-12-13-28(17)21)32-18-9-8-16(2)29(15-18)23(31)19-6-4-5-7-20(19)30-26-10-11-27-30/h4-7,10-14,16,18H,3,8-9,15H2,1-2H3;3-7,10-14,16,18H,1,8-9,15H2,2H3/t2*16-,18-/m11/s1. The van der Waals surface area contributed by atoms with Gasteiger partial charge < -0.3 is 19.3 Å². The van der Waals surface area contributed by atoms with Crippen molar-refractivity contribution >= 4 is 29.2 Å². The predicted octanol–water partition coefficient (Wildman–Crippen LogP) is 5.97. The zero-order valence-electron chi connectivity index (χ0n) is 35.8. The number of amides is 2. The Kier molecular flexibility index (Phi) is 11.9. The molecule has 10 rings (SSSR count). The van der Waals surface area contributed by atoms with Crippen LogP contribution in [-0.2, 0) is 6.42 Å². The largest absolute Gasteiger partial charge is 0.470 e. The topological polar surface area (TPSA) is 181 Å². The second kappa shape index (κ2) is 18.3. The summed E-state index contributed by atoms with van der Waals surface area (Å²) in [6.45, 7) is 11.0. The van der Waals surface area contributed by atoms with Crippen molar-refractivity contribution in [2.45, 2.75) is 77.2 Å². The van der Waals surface area contributed by atoms with Gasteiger partial charge in [-0.25, -0.2) is 19.9 Å². The number of carbonyl (C=O) groups is 2. The molecule has 2 aromatic carbocycles. The molecule has 8 heterocycles. The average molecular weight is 861 g/mol. The summed E-state index contributed by atoms with van der Waals surface area (Å²) in [5.41, 5.74) is 5.74. The maximum absolute atomic E-state index is 13.5. The number of hydrogen-bond acceptors (Lipinski definition) is 12. The summed E-state index contributed by atoms with van der Waals surface area (Å²) in [4.78, 5) is 51.5. The van der Waals surface area contributed by atoms with Gasteiger partial charge in [-0.1, -0.05) is 37.8 Å². The SMILES string of the molecule is C=Cc1cnc2c(O[C@@H]3CC[C@@H](C)N(C(=O)c4ccccc4-n4nccn4)C3)nccn12.CCc1cnc2c(O[C@@H]3CC[C@@H](C)N(C(=O)c4ccccc4-n4nccn4)C3)nccn12. The Morgan fingerprint density at radius 1 is 0.641 bits per heavy atom. The lowest BCUT2D eigenvalue weighted by molar-refractivity contribution is 0.0372. The van der Waals surface area contributed by atoms with Gasteiger partial charge in [-0.05, 0) is 76.3 Å². The van der Waals surface area contributed by atoms with E-state index in [-0.39, 0.29) is 36.1 Å². The quantitative estimate of drug-likeness (QED) is 0.158. The van der Waals surface area contributed by atoms with Crippen LogP contribution in [-0.4, -0.2) is 118 Å². The highest BCUT2D eigenvalue weighted by atomic mass is 16.5. The third-order valence-electron chi connectivity index (χ3n) is 11.8. The fraction of sp³-hybridized carbons (Fsp3) is 0.304. The molecule has 0 aliphatic carbocycles. The monoisotopic (exact) mass is 860 g/mol. The lowest BCUT2D eigenvalue weighted by atomic mass is 9.99. The third kappa shape index (κ3) is 8.28. The Bertz CT molecular complexity index is 2890. The van der Waals surface area contributed by atoms with Crippen LogP contribution in [0, 0.1) is 0 Å². The molecule has 2 amide bonds. The number of carbonyl (C=O) groups excluding carboxylic acids is 2. The van der Waals surface area contributed by atoms with Crippen LogP contribution in [0.2, 0.25) is 0 Å². The number of benzene rings is 2. The van der Waals surface area contributed by atoms with Gasteiger partial charge in [-0.15, -0.1) is 0 Å². The molecule has 326 valence electrons. The first-order valence-corrected chi connectivity index (χ1v) is 21.4. The summed E-state index contributed by atoms with van der Waals surface area (Å²) in [7, 11) is 0. The van der Waals surface area contributed by atoms with E-state index in [0.29, 0.717) is 58.6 Å². The summed E-state index contributed by atoms with van der Waals surface area (Å²) in [6.07, 6.45) is 22.7. The van der Waals surface area contributed by atoms with Crippen LogP contribution in [0.5, 0.6) is 11.8 Å². The van der Waals surface area contributed by atoms with Crippen LogP contribution in [0.4, 0.5) is 0 Å². The van der Waals surface area contributed by atoms with E-state index in [0.717, 1.165) is 43.5 Å². The van der Waals surface area contributed by atoms with Crippen molar-refractivity contribution in [3.05, 3.63) is 140 Å². The maximum atomic E-state index is 13.5. The first-order chi connectivity index (χ1) is 31.3. The number of hydrogen-bond donors (Lipinski definition) is 0. The minimum atomic E-state index is -0.187. The lowest BCUT2D eigenvalue weighted by Crippen LogP contribution is -2.49. The zero-order valence-corrected chi connectivity index (χ0v) is 35.8. The number of nitrogens with zero attached hydrogens (tertiary/aromatic N) is 14. The molecule has 4 atom stereocenters. The molecule has 6 aromatic heterocycles. The van der Waals surface area contributed by atoms with Crippen LogP contribution >= 0.6 is 0 Å². The number of rotatable bonds is 10. The summed E-state index contributed by atoms with van der Waals surface area (Å²) in [5, 5.41) is 16.8. The lowest BCUT2D eigenvalue weighted by Gasteiger charge is -2.38. The number of likely N-dealkylation sites (tertiary alicyclic amines) is 2. The Labute approximate surface area is 368 Å². The number of fused-ring (bicyclic) bond motifs is 2. The van der Waals surface area contributed by atoms with Gasteiger partial charge in [0, 0.05) is 48.8 Å². The van der Waals surface area contributed by atoms with Gasteiger partial charge in [0.05, 0.1) is 72.3 Å². The van der Waals surface area contributed by atoms with E-state index >= 15 is 0 Å². The normalized spacial score (nSPS) is 18.7. The first kappa shape index (κ1) is 41.6. The Morgan fingerprint density at radius 3 is 1.61 bits per heavy atom. The number of ether oxygens (including phenoxy) is 2. The van der Waals surface area contributed by atoms with Crippen LogP contribution in [0.1, 0.15) is 78.6 Å². The van der Waals surface area contributed by atoms with Crippen LogP contribution < -0.4 is 9.47 Å². The fourth-order valence-electron chi connectivity index (χ4n) is 8.31. The molecule has 2 aliphatic rings. The number of imidazole rings is 2. The van der Waals surface area contributed by atoms with E-state index in [9.17, 15) is 9.59 Å². The molecule has 2 fully saturated rings. The van der Waals surface area contributed by atoms with Gasteiger partial charge >= 0.3 is 0 Å². The third-order valence-corrected chi connectivity index (χ3v) is 11.8. The van der Waals surface area contributed by atoms with Crippen molar-refractivity contribution in [2.24, 2.45) is 0 Å². The molecule has 0 saturated carbocycles. The van der Waals surface area contributed by atoms with Gasteiger partial charge in [-0.2, -0.15) is 30.0 Å². The molecule has 0 bridgehead atoms. The molecular weight excluding hydrogens is 813 g/mol. The molecule has 0 N–H and O–H groups in total. The van der Waals surface area contributed by atoms with Crippen molar-refractivity contribution in [3.8, 4) is 23.1 Å². The van der Waals surface area contributed by atoms with E-state index < -0.39 is 0 Å². The number of para-hydroxylation sites is 2. The summed E-state index contributed by atoms with van der Waals surface area (Å²) in [5.74, 6) is 0.826. The molecule has 0 radical (unpaired) electrons. The number of aromatic nitrogens is 12. The smallest absolute Gasteiger partial charge is 0.258 e. The maximum Gasteiger partial charge on any atom is 0.258 e. The molecule has 2 saturated heterocycles. The molecule has 0 unspecified atom stereocenters.